The van der Waals surface area contributed by atoms with Crippen LogP contribution in [0.1, 0.15) is 17.2 Å². The molecule has 0 amide bonds. The number of benzene rings is 2. The lowest BCUT2D eigenvalue weighted by Crippen LogP contribution is -2.19. The number of halogens is 6. The quantitative estimate of drug-likeness (QED) is 0.505. The molecule has 0 saturated carbocycles. The van der Waals surface area contributed by atoms with Gasteiger partial charge in [-0.2, -0.15) is 0 Å². The van der Waals surface area contributed by atoms with Crippen LogP contribution >= 0.6 is 11.6 Å². The van der Waals surface area contributed by atoms with Gasteiger partial charge in [-0.15, -0.1) is 0 Å². The number of hydrogen-bond donors (Lipinski definition) is 1. The van der Waals surface area contributed by atoms with Gasteiger partial charge in [0.15, 0.2) is 23.3 Å². The van der Waals surface area contributed by atoms with Crippen molar-refractivity contribution >= 4 is 11.6 Å². The van der Waals surface area contributed by atoms with E-state index in [1.165, 1.54) is 24.3 Å². The summed E-state index contributed by atoms with van der Waals surface area (Å²) in [5.41, 5.74) is 4.66. The normalized spacial score (nSPS) is 12.6. The van der Waals surface area contributed by atoms with Crippen molar-refractivity contribution in [3.05, 3.63) is 69.5 Å². The monoisotopic (exact) mass is 307 g/mol. The molecule has 0 heterocycles. The lowest BCUT2D eigenvalue weighted by atomic mass is 9.98. The number of hydrogen-bond acceptors (Lipinski definition) is 1. The van der Waals surface area contributed by atoms with Crippen LogP contribution in [0.5, 0.6) is 0 Å². The van der Waals surface area contributed by atoms with E-state index in [0.717, 1.165) is 0 Å². The highest BCUT2D eigenvalue weighted by molar-refractivity contribution is 6.30. The maximum atomic E-state index is 13.6. The van der Waals surface area contributed by atoms with Gasteiger partial charge >= 0.3 is 0 Å². The van der Waals surface area contributed by atoms with Crippen molar-refractivity contribution in [2.45, 2.75) is 6.04 Å². The molecule has 2 aromatic rings. The SMILES string of the molecule is NC(c1ccc(Cl)cc1)c1c(F)c(F)c(F)c(F)c1F. The van der Waals surface area contributed by atoms with E-state index in [2.05, 4.69) is 0 Å². The van der Waals surface area contributed by atoms with E-state index in [-0.39, 0.29) is 5.56 Å². The Balaban J connectivity index is 2.60. The van der Waals surface area contributed by atoms with E-state index in [4.69, 9.17) is 17.3 Å². The lowest BCUT2D eigenvalue weighted by molar-refractivity contribution is 0.367. The highest BCUT2D eigenvalue weighted by atomic mass is 35.5. The second kappa shape index (κ2) is 5.38. The van der Waals surface area contributed by atoms with Crippen LogP contribution in [-0.4, -0.2) is 0 Å². The molecule has 0 saturated heterocycles. The van der Waals surface area contributed by atoms with Crippen molar-refractivity contribution in [1.82, 2.24) is 0 Å². The van der Waals surface area contributed by atoms with E-state index in [1.54, 1.807) is 0 Å². The molecule has 0 aliphatic carbocycles. The zero-order valence-electron chi connectivity index (χ0n) is 9.73. The average Bonchev–Trinajstić information content (AvgIpc) is 2.44. The second-order valence-electron chi connectivity index (χ2n) is 4.01. The summed E-state index contributed by atoms with van der Waals surface area (Å²) in [6.07, 6.45) is 0. The Bertz CT molecular complexity index is 628. The molecule has 0 fully saturated rings. The molecule has 1 nitrogen and oxygen atoms in total. The summed E-state index contributed by atoms with van der Waals surface area (Å²) in [5.74, 6) is -10.1. The fourth-order valence-electron chi connectivity index (χ4n) is 1.73. The number of rotatable bonds is 2. The summed E-state index contributed by atoms with van der Waals surface area (Å²) in [7, 11) is 0. The molecule has 2 N–H and O–H groups in total. The zero-order valence-corrected chi connectivity index (χ0v) is 10.5. The van der Waals surface area contributed by atoms with Gasteiger partial charge in [-0.25, -0.2) is 22.0 Å². The Morgan fingerprint density at radius 1 is 0.750 bits per heavy atom. The van der Waals surface area contributed by atoms with Crippen molar-refractivity contribution < 1.29 is 22.0 Å². The standard InChI is InChI=1S/C13H7ClF5N/c14-6-3-1-5(2-4-6)13(20)7-8(15)10(17)12(19)11(18)9(7)16/h1-4,13H,20H2. The molecule has 0 spiro atoms. The molecule has 0 bridgehead atoms. The molecular formula is C13H7ClF5N. The minimum absolute atomic E-state index is 0.164. The number of nitrogens with two attached hydrogens (primary N) is 1. The van der Waals surface area contributed by atoms with Crippen molar-refractivity contribution in [2.24, 2.45) is 5.73 Å². The average molecular weight is 308 g/mol. The minimum atomic E-state index is -2.22. The molecule has 20 heavy (non-hydrogen) atoms. The Hall–Kier alpha value is -1.66. The first-order valence-corrected chi connectivity index (χ1v) is 5.74. The highest BCUT2D eigenvalue weighted by Gasteiger charge is 2.29. The van der Waals surface area contributed by atoms with Gasteiger partial charge in [0, 0.05) is 5.02 Å². The van der Waals surface area contributed by atoms with Crippen molar-refractivity contribution in [2.75, 3.05) is 0 Å². The molecule has 2 aromatic carbocycles. The largest absolute Gasteiger partial charge is 0.320 e. The fourth-order valence-corrected chi connectivity index (χ4v) is 1.86. The molecule has 7 heteroatoms. The van der Waals surface area contributed by atoms with Crippen LogP contribution in [0.2, 0.25) is 5.02 Å². The molecule has 2 rings (SSSR count). The summed E-state index contributed by atoms with van der Waals surface area (Å²) < 4.78 is 66.3. The first kappa shape index (κ1) is 14.7. The Morgan fingerprint density at radius 3 is 1.60 bits per heavy atom. The summed E-state index contributed by atoms with van der Waals surface area (Å²) >= 11 is 5.64. The summed E-state index contributed by atoms with van der Waals surface area (Å²) in [4.78, 5) is 0. The van der Waals surface area contributed by atoms with Crippen LogP contribution in [0.15, 0.2) is 24.3 Å². The fraction of sp³-hybridized carbons (Fsp3) is 0.0769. The minimum Gasteiger partial charge on any atom is -0.320 e. The van der Waals surface area contributed by atoms with Gasteiger partial charge in [0.05, 0.1) is 11.6 Å². The van der Waals surface area contributed by atoms with Gasteiger partial charge in [0.25, 0.3) is 0 Å². The molecule has 1 unspecified atom stereocenters. The molecular weight excluding hydrogens is 301 g/mol. The topological polar surface area (TPSA) is 26.0 Å². The highest BCUT2D eigenvalue weighted by Crippen LogP contribution is 2.30. The van der Waals surface area contributed by atoms with Gasteiger partial charge in [0.2, 0.25) is 5.82 Å². The van der Waals surface area contributed by atoms with Crippen LogP contribution in [-0.2, 0) is 0 Å². The molecule has 0 radical (unpaired) electrons. The van der Waals surface area contributed by atoms with Crippen molar-refractivity contribution in [1.29, 1.82) is 0 Å². The van der Waals surface area contributed by atoms with E-state index in [0.29, 0.717) is 5.02 Å². The van der Waals surface area contributed by atoms with Crippen LogP contribution in [0.4, 0.5) is 22.0 Å². The van der Waals surface area contributed by atoms with Gasteiger partial charge in [-0.1, -0.05) is 23.7 Å². The molecule has 0 aromatic heterocycles. The third kappa shape index (κ3) is 2.36. The van der Waals surface area contributed by atoms with Crippen molar-refractivity contribution in [3.63, 3.8) is 0 Å². The van der Waals surface area contributed by atoms with E-state index >= 15 is 0 Å². The van der Waals surface area contributed by atoms with Gasteiger partial charge in [-0.3, -0.25) is 0 Å². The molecule has 1 atom stereocenters. The molecule has 0 aliphatic rings. The maximum absolute atomic E-state index is 13.6. The first-order valence-electron chi connectivity index (χ1n) is 5.37. The van der Waals surface area contributed by atoms with Crippen LogP contribution in [0.3, 0.4) is 0 Å². The lowest BCUT2D eigenvalue weighted by Gasteiger charge is -2.15. The Labute approximate surface area is 115 Å². The first-order chi connectivity index (χ1) is 9.34. The van der Waals surface area contributed by atoms with Crippen molar-refractivity contribution in [3.8, 4) is 0 Å². The van der Waals surface area contributed by atoms with Crippen LogP contribution in [0.25, 0.3) is 0 Å². The van der Waals surface area contributed by atoms with Gasteiger partial charge in [0.1, 0.15) is 0 Å². The Morgan fingerprint density at radius 2 is 1.15 bits per heavy atom. The van der Waals surface area contributed by atoms with Crippen LogP contribution in [0, 0.1) is 29.1 Å². The summed E-state index contributed by atoms with van der Waals surface area (Å²) in [6.45, 7) is 0. The van der Waals surface area contributed by atoms with E-state index in [1.807, 2.05) is 0 Å². The zero-order chi connectivity index (χ0) is 15.0. The van der Waals surface area contributed by atoms with E-state index in [9.17, 15) is 22.0 Å². The smallest absolute Gasteiger partial charge is 0.200 e. The predicted octanol–water partition coefficient (Wildman–Crippen LogP) is 4.08. The van der Waals surface area contributed by atoms with Crippen LogP contribution < -0.4 is 5.73 Å². The van der Waals surface area contributed by atoms with E-state index < -0.39 is 40.7 Å². The molecule has 0 aliphatic heterocycles. The summed E-state index contributed by atoms with van der Waals surface area (Å²) in [5, 5.41) is 0.346. The third-order valence-corrected chi connectivity index (χ3v) is 3.04. The molecule has 106 valence electrons. The predicted molar refractivity (Wildman–Crippen MR) is 63.7 cm³/mol. The van der Waals surface area contributed by atoms with Gasteiger partial charge in [-0.05, 0) is 17.7 Å². The maximum Gasteiger partial charge on any atom is 0.200 e. The third-order valence-electron chi connectivity index (χ3n) is 2.78. The van der Waals surface area contributed by atoms with Gasteiger partial charge < -0.3 is 5.73 Å². The Kier molecular flexibility index (Phi) is 3.96. The summed E-state index contributed by atoms with van der Waals surface area (Å²) in [6, 6.07) is 3.96. The second-order valence-corrected chi connectivity index (χ2v) is 4.45.